The highest BCUT2D eigenvalue weighted by molar-refractivity contribution is 7.80. The number of anilines is 1. The van der Waals surface area contributed by atoms with E-state index in [1.54, 1.807) is 0 Å². The average Bonchev–Trinajstić information content (AvgIpc) is 3.00. The molecule has 1 aromatic rings. The van der Waals surface area contributed by atoms with Gasteiger partial charge in [0, 0.05) is 31.9 Å². The Bertz CT molecular complexity index is 827. The summed E-state index contributed by atoms with van der Waals surface area (Å²) in [5.41, 5.74) is 2.92. The smallest absolute Gasteiger partial charge is 0.328 e. The van der Waals surface area contributed by atoms with E-state index in [-0.39, 0.29) is 18.9 Å². The zero-order chi connectivity index (χ0) is 23.7. The summed E-state index contributed by atoms with van der Waals surface area (Å²) in [4.78, 5) is 40.2. The Balaban J connectivity index is 1.90. The lowest BCUT2D eigenvalue weighted by Gasteiger charge is -2.27. The van der Waals surface area contributed by atoms with Crippen molar-refractivity contribution < 1.29 is 23.9 Å². The molecule has 0 aliphatic carbocycles. The Labute approximate surface area is 194 Å². The number of ether oxygens (including phenoxy) is 2. The number of hydrogen-bond acceptors (Lipinski definition) is 7. The lowest BCUT2D eigenvalue weighted by molar-refractivity contribution is -0.149. The molecule has 1 atom stereocenters. The van der Waals surface area contributed by atoms with Crippen molar-refractivity contribution >= 4 is 40.9 Å². The van der Waals surface area contributed by atoms with Crippen LogP contribution < -0.4 is 10.6 Å². The molecule has 1 saturated heterocycles. The highest BCUT2D eigenvalue weighted by Crippen LogP contribution is 2.19. The van der Waals surface area contributed by atoms with Crippen LogP contribution >= 0.6 is 12.2 Å². The molecular weight excluding hydrogens is 432 g/mol. The molecule has 1 aliphatic rings. The van der Waals surface area contributed by atoms with E-state index in [1.807, 2.05) is 36.9 Å². The summed E-state index contributed by atoms with van der Waals surface area (Å²) in [6, 6.07) is 5.00. The maximum atomic E-state index is 12.6. The maximum Gasteiger partial charge on any atom is 0.328 e. The Kier molecular flexibility index (Phi) is 9.86. The first-order valence-corrected chi connectivity index (χ1v) is 10.9. The highest BCUT2D eigenvalue weighted by atomic mass is 32.1. The Morgan fingerprint density at radius 3 is 2.38 bits per heavy atom. The minimum absolute atomic E-state index is 0.0552. The normalized spacial score (nSPS) is 15.3. The van der Waals surface area contributed by atoms with Gasteiger partial charge in [0.15, 0.2) is 5.11 Å². The van der Waals surface area contributed by atoms with Crippen LogP contribution in [0.3, 0.4) is 0 Å². The van der Waals surface area contributed by atoms with E-state index in [2.05, 4.69) is 20.3 Å². The predicted molar refractivity (Wildman–Crippen MR) is 125 cm³/mol. The van der Waals surface area contributed by atoms with Crippen molar-refractivity contribution in [2.24, 2.45) is 0 Å². The van der Waals surface area contributed by atoms with Gasteiger partial charge in [0.05, 0.1) is 27.2 Å². The SMILES string of the molecule is COC(=O)CC(NC(=S)N1CCCN(CC(=O)Nc2c(C)cccc2C)CC1)C(=O)OC. The van der Waals surface area contributed by atoms with E-state index in [0.29, 0.717) is 24.7 Å². The fourth-order valence-electron chi connectivity index (χ4n) is 3.55. The Morgan fingerprint density at radius 2 is 1.75 bits per heavy atom. The van der Waals surface area contributed by atoms with Gasteiger partial charge in [-0.1, -0.05) is 18.2 Å². The first-order chi connectivity index (χ1) is 15.2. The third kappa shape index (κ3) is 7.45. The number of carbonyl (C=O) groups is 3. The van der Waals surface area contributed by atoms with E-state index in [0.717, 1.165) is 29.8 Å². The second-order valence-corrected chi connectivity index (χ2v) is 8.12. The molecule has 9 nitrogen and oxygen atoms in total. The van der Waals surface area contributed by atoms with Crippen LogP contribution in [0.15, 0.2) is 18.2 Å². The summed E-state index contributed by atoms with van der Waals surface area (Å²) < 4.78 is 9.40. The van der Waals surface area contributed by atoms with Crippen LogP contribution in [0.1, 0.15) is 24.0 Å². The number of esters is 2. The largest absolute Gasteiger partial charge is 0.469 e. The predicted octanol–water partition coefficient (Wildman–Crippen LogP) is 1.23. The van der Waals surface area contributed by atoms with Crippen molar-refractivity contribution in [3.8, 4) is 0 Å². The number of para-hydroxylation sites is 1. The van der Waals surface area contributed by atoms with Crippen LogP contribution in [0.2, 0.25) is 0 Å². The number of rotatable bonds is 7. The molecule has 2 N–H and O–H groups in total. The van der Waals surface area contributed by atoms with Crippen LogP contribution in [0.5, 0.6) is 0 Å². The molecule has 0 radical (unpaired) electrons. The van der Waals surface area contributed by atoms with Gasteiger partial charge in [-0.25, -0.2) is 4.79 Å². The molecule has 2 rings (SSSR count). The fourth-order valence-corrected chi connectivity index (χ4v) is 3.88. The standard InChI is InChI=1S/C22H32N4O5S/c1-15-7-5-8-16(2)20(15)24-18(27)14-25-9-6-10-26(12-11-25)22(32)23-17(21(29)31-4)13-19(28)30-3/h5,7-8,17H,6,9-14H2,1-4H3,(H,23,32)(H,24,27). The molecule has 1 fully saturated rings. The fraction of sp³-hybridized carbons (Fsp3) is 0.545. The van der Waals surface area contributed by atoms with Gasteiger partial charge in [-0.15, -0.1) is 0 Å². The summed E-state index contributed by atoms with van der Waals surface area (Å²) in [5.74, 6) is -1.18. The van der Waals surface area contributed by atoms with Gasteiger partial charge in [0.25, 0.3) is 0 Å². The molecular formula is C22H32N4O5S. The van der Waals surface area contributed by atoms with Gasteiger partial charge in [0.1, 0.15) is 6.04 Å². The van der Waals surface area contributed by atoms with Gasteiger partial charge in [-0.3, -0.25) is 14.5 Å². The first-order valence-electron chi connectivity index (χ1n) is 10.5. The molecule has 1 unspecified atom stereocenters. The molecule has 10 heteroatoms. The summed E-state index contributed by atoms with van der Waals surface area (Å²) in [6.07, 6.45) is 0.625. The molecule has 1 aliphatic heterocycles. The zero-order valence-electron chi connectivity index (χ0n) is 19.1. The number of aryl methyl sites for hydroxylation is 2. The van der Waals surface area contributed by atoms with Gasteiger partial charge < -0.3 is 25.0 Å². The maximum absolute atomic E-state index is 12.6. The minimum atomic E-state index is -0.914. The minimum Gasteiger partial charge on any atom is -0.469 e. The summed E-state index contributed by atoms with van der Waals surface area (Å²) >= 11 is 5.47. The molecule has 1 amide bonds. The topological polar surface area (TPSA) is 100 Å². The van der Waals surface area contributed by atoms with Crippen molar-refractivity contribution in [3.05, 3.63) is 29.3 Å². The van der Waals surface area contributed by atoms with Crippen molar-refractivity contribution in [2.45, 2.75) is 32.7 Å². The second-order valence-electron chi connectivity index (χ2n) is 7.74. The molecule has 0 spiro atoms. The van der Waals surface area contributed by atoms with Gasteiger partial charge in [-0.2, -0.15) is 0 Å². The molecule has 32 heavy (non-hydrogen) atoms. The summed E-state index contributed by atoms with van der Waals surface area (Å²) in [5, 5.41) is 6.30. The lowest BCUT2D eigenvalue weighted by Crippen LogP contribution is -2.50. The molecule has 0 aromatic heterocycles. The third-order valence-electron chi connectivity index (χ3n) is 5.37. The highest BCUT2D eigenvalue weighted by Gasteiger charge is 2.26. The lowest BCUT2D eigenvalue weighted by atomic mass is 10.1. The first kappa shape index (κ1) is 25.5. The monoisotopic (exact) mass is 464 g/mol. The van der Waals surface area contributed by atoms with Crippen LogP contribution in [-0.4, -0.2) is 85.7 Å². The molecule has 1 aromatic carbocycles. The number of benzene rings is 1. The van der Waals surface area contributed by atoms with E-state index in [1.165, 1.54) is 14.2 Å². The number of methoxy groups -OCH3 is 2. The Morgan fingerprint density at radius 1 is 1.06 bits per heavy atom. The van der Waals surface area contributed by atoms with E-state index < -0.39 is 18.0 Å². The number of carbonyl (C=O) groups excluding carboxylic acids is 3. The van der Waals surface area contributed by atoms with Gasteiger partial charge >= 0.3 is 11.9 Å². The van der Waals surface area contributed by atoms with E-state index >= 15 is 0 Å². The number of thiocarbonyl (C=S) groups is 1. The van der Waals surface area contributed by atoms with Gasteiger partial charge in [-0.05, 0) is 43.6 Å². The van der Waals surface area contributed by atoms with E-state index in [9.17, 15) is 14.4 Å². The summed E-state index contributed by atoms with van der Waals surface area (Å²) in [6.45, 7) is 6.89. The van der Waals surface area contributed by atoms with Crippen LogP contribution in [0.25, 0.3) is 0 Å². The number of hydrogen-bond donors (Lipinski definition) is 2. The number of nitrogens with one attached hydrogen (secondary N) is 2. The quantitative estimate of drug-likeness (QED) is 0.456. The van der Waals surface area contributed by atoms with Crippen LogP contribution in [0.4, 0.5) is 5.69 Å². The molecule has 1 heterocycles. The van der Waals surface area contributed by atoms with E-state index in [4.69, 9.17) is 17.0 Å². The van der Waals surface area contributed by atoms with Gasteiger partial charge in [0.2, 0.25) is 5.91 Å². The van der Waals surface area contributed by atoms with Crippen LogP contribution in [0, 0.1) is 13.8 Å². The number of amides is 1. The van der Waals surface area contributed by atoms with Crippen molar-refractivity contribution in [3.63, 3.8) is 0 Å². The second kappa shape index (κ2) is 12.4. The summed E-state index contributed by atoms with van der Waals surface area (Å²) in [7, 11) is 2.51. The third-order valence-corrected chi connectivity index (χ3v) is 5.75. The average molecular weight is 465 g/mol. The van der Waals surface area contributed by atoms with Crippen molar-refractivity contribution in [1.82, 2.24) is 15.1 Å². The Hall–Kier alpha value is -2.72. The molecule has 176 valence electrons. The molecule has 0 saturated carbocycles. The van der Waals surface area contributed by atoms with Crippen molar-refractivity contribution in [2.75, 3.05) is 52.3 Å². The van der Waals surface area contributed by atoms with Crippen molar-refractivity contribution in [1.29, 1.82) is 0 Å². The molecule has 0 bridgehead atoms. The number of nitrogens with zero attached hydrogens (tertiary/aromatic N) is 2. The van der Waals surface area contributed by atoms with Crippen LogP contribution in [-0.2, 0) is 23.9 Å². The zero-order valence-corrected chi connectivity index (χ0v) is 19.9.